The highest BCUT2D eigenvalue weighted by Gasteiger charge is 2.17. The first-order valence-corrected chi connectivity index (χ1v) is 8.39. The van der Waals surface area contributed by atoms with Gasteiger partial charge in [0, 0.05) is 13.5 Å². The van der Waals surface area contributed by atoms with Crippen LogP contribution in [0.1, 0.15) is 37.8 Å². The van der Waals surface area contributed by atoms with Gasteiger partial charge in [-0.3, -0.25) is 4.79 Å². The molecule has 0 saturated heterocycles. The van der Waals surface area contributed by atoms with Gasteiger partial charge >= 0.3 is 0 Å². The van der Waals surface area contributed by atoms with Crippen molar-refractivity contribution in [2.24, 2.45) is 5.92 Å². The third-order valence-electron chi connectivity index (χ3n) is 4.17. The minimum atomic E-state index is -0.0789. The fourth-order valence-corrected chi connectivity index (χ4v) is 2.79. The Morgan fingerprint density at radius 3 is 2.79 bits per heavy atom. The van der Waals surface area contributed by atoms with E-state index in [0.29, 0.717) is 37.1 Å². The van der Waals surface area contributed by atoms with Crippen LogP contribution < -0.4 is 14.8 Å². The summed E-state index contributed by atoms with van der Waals surface area (Å²) in [6.45, 7) is 2.96. The van der Waals surface area contributed by atoms with Crippen molar-refractivity contribution in [3.8, 4) is 11.5 Å². The lowest BCUT2D eigenvalue weighted by molar-refractivity contribution is -0.122. The van der Waals surface area contributed by atoms with E-state index in [2.05, 4.69) is 17.5 Å². The van der Waals surface area contributed by atoms with E-state index < -0.39 is 0 Å². The average molecular weight is 333 g/mol. The largest absolute Gasteiger partial charge is 0.493 e. The summed E-state index contributed by atoms with van der Waals surface area (Å²) in [6.07, 6.45) is 6.99. The summed E-state index contributed by atoms with van der Waals surface area (Å²) in [5.74, 6) is 1.79. The standard InChI is InChI=1S/C19H27NO4/c1-14(20-19(21)12-15-6-4-5-7-15)16-8-9-17(18(13-16)23-3)24-11-10-22-2/h4,6,8-9,13-15H,5,7,10-12H2,1-3H3,(H,20,21)/t14-,15+/m1/s1. The van der Waals surface area contributed by atoms with Gasteiger partial charge in [0.2, 0.25) is 5.91 Å². The highest BCUT2D eigenvalue weighted by atomic mass is 16.5. The lowest BCUT2D eigenvalue weighted by Gasteiger charge is -2.18. The van der Waals surface area contributed by atoms with Gasteiger partial charge in [-0.25, -0.2) is 0 Å². The Labute approximate surface area is 144 Å². The number of hydrogen-bond donors (Lipinski definition) is 1. The molecular formula is C19H27NO4. The van der Waals surface area contributed by atoms with Crippen molar-refractivity contribution >= 4 is 5.91 Å². The molecule has 5 heteroatoms. The molecule has 0 bridgehead atoms. The second kappa shape index (κ2) is 9.33. The van der Waals surface area contributed by atoms with Crippen LogP contribution in [-0.4, -0.2) is 33.3 Å². The maximum absolute atomic E-state index is 12.2. The first kappa shape index (κ1) is 18.3. The monoisotopic (exact) mass is 333 g/mol. The van der Waals surface area contributed by atoms with Crippen LogP contribution in [0.2, 0.25) is 0 Å². The minimum Gasteiger partial charge on any atom is -0.493 e. The van der Waals surface area contributed by atoms with Crippen LogP contribution in [0.25, 0.3) is 0 Å². The first-order chi connectivity index (χ1) is 11.6. The topological polar surface area (TPSA) is 56.8 Å². The van der Waals surface area contributed by atoms with E-state index in [0.717, 1.165) is 18.4 Å². The quantitative estimate of drug-likeness (QED) is 0.557. The van der Waals surface area contributed by atoms with Gasteiger partial charge in [-0.05, 0) is 43.4 Å². The van der Waals surface area contributed by atoms with Gasteiger partial charge < -0.3 is 19.5 Å². The lowest BCUT2D eigenvalue weighted by atomic mass is 10.0. The number of carbonyl (C=O) groups is 1. The molecule has 0 radical (unpaired) electrons. The Kier molecular flexibility index (Phi) is 7.12. The summed E-state index contributed by atoms with van der Waals surface area (Å²) in [6, 6.07) is 5.64. The summed E-state index contributed by atoms with van der Waals surface area (Å²) in [7, 11) is 3.24. The predicted octanol–water partition coefficient (Wildman–Crippen LogP) is 3.25. The maximum atomic E-state index is 12.2. The van der Waals surface area contributed by atoms with Crippen molar-refractivity contribution in [2.45, 2.75) is 32.2 Å². The number of allylic oxidation sites excluding steroid dienone is 2. The SMILES string of the molecule is COCCOc1ccc([C@@H](C)NC(=O)C[C@H]2C=CCC2)cc1OC. The number of nitrogens with one attached hydrogen (secondary N) is 1. The molecule has 2 rings (SSSR count). The molecule has 0 aliphatic heterocycles. The molecule has 1 aliphatic rings. The van der Waals surface area contributed by atoms with Crippen molar-refractivity contribution in [1.82, 2.24) is 5.32 Å². The second-order valence-corrected chi connectivity index (χ2v) is 6.01. The van der Waals surface area contributed by atoms with Crippen LogP contribution in [0, 0.1) is 5.92 Å². The van der Waals surface area contributed by atoms with Crippen molar-refractivity contribution in [3.05, 3.63) is 35.9 Å². The Morgan fingerprint density at radius 2 is 2.12 bits per heavy atom. The van der Waals surface area contributed by atoms with Crippen LogP contribution in [-0.2, 0) is 9.53 Å². The fourth-order valence-electron chi connectivity index (χ4n) is 2.79. The van der Waals surface area contributed by atoms with Crippen LogP contribution in [0.3, 0.4) is 0 Å². The summed E-state index contributed by atoms with van der Waals surface area (Å²) in [5, 5.41) is 3.06. The van der Waals surface area contributed by atoms with Crippen LogP contribution in [0.4, 0.5) is 0 Å². The molecule has 0 saturated carbocycles. The molecule has 1 aromatic rings. The van der Waals surface area contributed by atoms with Gasteiger partial charge in [-0.1, -0.05) is 18.2 Å². The molecule has 0 spiro atoms. The third-order valence-corrected chi connectivity index (χ3v) is 4.17. The zero-order valence-corrected chi connectivity index (χ0v) is 14.7. The van der Waals surface area contributed by atoms with Gasteiger partial charge in [0.25, 0.3) is 0 Å². The van der Waals surface area contributed by atoms with E-state index in [1.807, 2.05) is 25.1 Å². The van der Waals surface area contributed by atoms with Crippen molar-refractivity contribution in [2.75, 3.05) is 27.4 Å². The summed E-state index contributed by atoms with van der Waals surface area (Å²) in [5.41, 5.74) is 0.987. The van der Waals surface area contributed by atoms with Gasteiger partial charge in [-0.2, -0.15) is 0 Å². The van der Waals surface area contributed by atoms with E-state index in [1.54, 1.807) is 14.2 Å². The maximum Gasteiger partial charge on any atom is 0.221 e. The number of rotatable bonds is 9. The van der Waals surface area contributed by atoms with Crippen LogP contribution in [0.5, 0.6) is 11.5 Å². The predicted molar refractivity (Wildman–Crippen MR) is 93.4 cm³/mol. The van der Waals surface area contributed by atoms with E-state index in [1.165, 1.54) is 0 Å². The highest BCUT2D eigenvalue weighted by molar-refractivity contribution is 5.77. The number of ether oxygens (including phenoxy) is 3. The third kappa shape index (κ3) is 5.27. The average Bonchev–Trinajstić information content (AvgIpc) is 3.07. The zero-order chi connectivity index (χ0) is 17.4. The first-order valence-electron chi connectivity index (χ1n) is 8.39. The molecular weight excluding hydrogens is 306 g/mol. The van der Waals surface area contributed by atoms with Crippen LogP contribution >= 0.6 is 0 Å². The number of hydrogen-bond acceptors (Lipinski definition) is 4. The van der Waals surface area contributed by atoms with Crippen molar-refractivity contribution in [3.63, 3.8) is 0 Å². The lowest BCUT2D eigenvalue weighted by Crippen LogP contribution is -2.27. The van der Waals surface area contributed by atoms with Gasteiger partial charge in [0.1, 0.15) is 6.61 Å². The zero-order valence-electron chi connectivity index (χ0n) is 14.7. The minimum absolute atomic E-state index is 0.0789. The molecule has 1 N–H and O–H groups in total. The van der Waals surface area contributed by atoms with Gasteiger partial charge in [0.15, 0.2) is 11.5 Å². The summed E-state index contributed by atoms with van der Waals surface area (Å²) >= 11 is 0. The number of carbonyl (C=O) groups excluding carboxylic acids is 1. The van der Waals surface area contributed by atoms with E-state index in [-0.39, 0.29) is 11.9 Å². The van der Waals surface area contributed by atoms with Crippen LogP contribution in [0.15, 0.2) is 30.4 Å². The van der Waals surface area contributed by atoms with E-state index in [9.17, 15) is 4.79 Å². The molecule has 0 fully saturated rings. The summed E-state index contributed by atoms with van der Waals surface area (Å²) < 4.78 is 16.0. The summed E-state index contributed by atoms with van der Waals surface area (Å²) in [4.78, 5) is 12.2. The van der Waals surface area contributed by atoms with Crippen molar-refractivity contribution < 1.29 is 19.0 Å². The normalized spacial score (nSPS) is 17.5. The molecule has 24 heavy (non-hydrogen) atoms. The van der Waals surface area contributed by atoms with Gasteiger partial charge in [0.05, 0.1) is 19.8 Å². The Hall–Kier alpha value is -2.01. The Morgan fingerprint density at radius 1 is 1.29 bits per heavy atom. The molecule has 132 valence electrons. The number of amides is 1. The molecule has 1 aliphatic carbocycles. The number of methoxy groups -OCH3 is 2. The van der Waals surface area contributed by atoms with Crippen molar-refractivity contribution in [1.29, 1.82) is 0 Å². The number of benzene rings is 1. The second-order valence-electron chi connectivity index (χ2n) is 6.01. The molecule has 2 atom stereocenters. The molecule has 0 heterocycles. The molecule has 1 amide bonds. The Balaban J connectivity index is 1.94. The Bertz CT molecular complexity index is 570. The highest BCUT2D eigenvalue weighted by Crippen LogP contribution is 2.30. The van der Waals surface area contributed by atoms with Gasteiger partial charge in [-0.15, -0.1) is 0 Å². The van der Waals surface area contributed by atoms with E-state index >= 15 is 0 Å². The molecule has 0 unspecified atom stereocenters. The molecule has 1 aromatic carbocycles. The molecule has 0 aromatic heterocycles. The molecule has 5 nitrogen and oxygen atoms in total. The van der Waals surface area contributed by atoms with E-state index in [4.69, 9.17) is 14.2 Å². The smallest absolute Gasteiger partial charge is 0.221 e. The fraction of sp³-hybridized carbons (Fsp3) is 0.526.